The molecular formula is C35H49N5O3S. The lowest BCUT2D eigenvalue weighted by Gasteiger charge is -2.40. The lowest BCUT2D eigenvalue weighted by Crippen LogP contribution is -2.55. The largest absolute Gasteiger partial charge is 0.497 e. The quantitative estimate of drug-likeness (QED) is 0.157. The molecule has 8 nitrogen and oxygen atoms in total. The monoisotopic (exact) mass is 619 g/mol. The number of thioether (sulfide) groups is 1. The van der Waals surface area contributed by atoms with Crippen LogP contribution in [-0.2, 0) is 16.0 Å². The van der Waals surface area contributed by atoms with Crippen molar-refractivity contribution in [3.63, 3.8) is 0 Å². The number of carbonyl (C=O) groups is 2. The molecule has 0 radical (unpaired) electrons. The standard InChI is InChI=1S/C35H49N5O3S/c1-26(24-35(3,4)5)22-33(42)39-20-19-38(25-27(39)2)32(41)14-10-11-21-44-34-37-36-31(23-28-12-8-7-9-13-28)40(34)29-15-17-30(43-6)18-16-29/h7-9,12-13,15-18,26-27H,10-11,14,19-25H2,1-6H3. The molecule has 1 fully saturated rings. The number of unbranched alkanes of at least 4 members (excludes halogenated alkanes) is 1. The zero-order chi connectivity index (χ0) is 31.7. The molecule has 0 aliphatic carbocycles. The highest BCUT2D eigenvalue weighted by Crippen LogP contribution is 2.28. The van der Waals surface area contributed by atoms with E-state index in [-0.39, 0.29) is 23.3 Å². The van der Waals surface area contributed by atoms with E-state index in [4.69, 9.17) is 4.74 Å². The number of rotatable bonds is 13. The van der Waals surface area contributed by atoms with Gasteiger partial charge in [-0.25, -0.2) is 0 Å². The summed E-state index contributed by atoms with van der Waals surface area (Å²) in [6.07, 6.45) is 4.53. The number of benzene rings is 2. The SMILES string of the molecule is COc1ccc(-n2c(Cc3ccccc3)nnc2SCCCCC(=O)N2CCN(C(=O)CC(C)CC(C)(C)C)C(C)C2)cc1. The van der Waals surface area contributed by atoms with E-state index in [0.717, 1.165) is 47.4 Å². The topological polar surface area (TPSA) is 80.6 Å². The van der Waals surface area contributed by atoms with Crippen LogP contribution in [0.25, 0.3) is 5.69 Å². The van der Waals surface area contributed by atoms with Crippen LogP contribution in [0, 0.1) is 11.3 Å². The number of piperazine rings is 1. The lowest BCUT2D eigenvalue weighted by molar-refractivity contribution is -0.143. The summed E-state index contributed by atoms with van der Waals surface area (Å²) in [6, 6.07) is 18.3. The molecule has 2 heterocycles. The number of carbonyl (C=O) groups excluding carboxylic acids is 2. The van der Waals surface area contributed by atoms with Crippen LogP contribution in [0.15, 0.2) is 59.8 Å². The second-order valence-corrected chi connectivity index (χ2v) is 14.3. The van der Waals surface area contributed by atoms with Gasteiger partial charge in [0.05, 0.1) is 7.11 Å². The molecule has 1 saturated heterocycles. The number of amides is 2. The van der Waals surface area contributed by atoms with Gasteiger partial charge in [0, 0.05) is 56.4 Å². The van der Waals surface area contributed by atoms with Gasteiger partial charge in [-0.05, 0) is 67.3 Å². The van der Waals surface area contributed by atoms with Gasteiger partial charge in [0.1, 0.15) is 11.6 Å². The fraction of sp³-hybridized carbons (Fsp3) is 0.543. The molecule has 2 aromatic carbocycles. The van der Waals surface area contributed by atoms with Crippen molar-refractivity contribution in [1.29, 1.82) is 0 Å². The molecule has 1 aromatic heterocycles. The van der Waals surface area contributed by atoms with Crippen molar-refractivity contribution in [2.75, 3.05) is 32.5 Å². The van der Waals surface area contributed by atoms with Crippen LogP contribution >= 0.6 is 11.8 Å². The van der Waals surface area contributed by atoms with Crippen molar-refractivity contribution in [2.45, 2.75) is 84.3 Å². The number of methoxy groups -OCH3 is 1. The summed E-state index contributed by atoms with van der Waals surface area (Å²) in [7, 11) is 1.67. The number of nitrogens with zero attached hydrogens (tertiary/aromatic N) is 5. The number of ether oxygens (including phenoxy) is 1. The number of aromatic nitrogens is 3. The minimum Gasteiger partial charge on any atom is -0.497 e. The second kappa shape index (κ2) is 15.6. The summed E-state index contributed by atoms with van der Waals surface area (Å²) in [5.74, 6) is 3.29. The third-order valence-electron chi connectivity index (χ3n) is 8.04. The Morgan fingerprint density at radius 2 is 1.73 bits per heavy atom. The molecule has 3 aromatic rings. The maximum absolute atomic E-state index is 13.0. The highest BCUT2D eigenvalue weighted by Gasteiger charge is 2.30. The molecule has 238 valence electrons. The summed E-state index contributed by atoms with van der Waals surface area (Å²) >= 11 is 1.67. The number of hydrogen-bond donors (Lipinski definition) is 0. The van der Waals surface area contributed by atoms with Gasteiger partial charge in [0.15, 0.2) is 5.16 Å². The fourth-order valence-electron chi connectivity index (χ4n) is 6.06. The van der Waals surface area contributed by atoms with Crippen LogP contribution in [0.4, 0.5) is 0 Å². The van der Waals surface area contributed by atoms with Crippen LogP contribution in [0.1, 0.15) is 78.1 Å². The molecule has 2 unspecified atom stereocenters. The Labute approximate surface area is 267 Å². The van der Waals surface area contributed by atoms with Gasteiger partial charge in [0.2, 0.25) is 11.8 Å². The highest BCUT2D eigenvalue weighted by molar-refractivity contribution is 7.99. The Morgan fingerprint density at radius 3 is 2.39 bits per heavy atom. The normalized spacial score (nSPS) is 16.2. The second-order valence-electron chi connectivity index (χ2n) is 13.3. The maximum Gasteiger partial charge on any atom is 0.223 e. The Kier molecular flexibility index (Phi) is 11.9. The Morgan fingerprint density at radius 1 is 1.00 bits per heavy atom. The minimum atomic E-state index is 0.0481. The van der Waals surface area contributed by atoms with E-state index in [1.165, 1.54) is 5.56 Å². The smallest absolute Gasteiger partial charge is 0.223 e. The van der Waals surface area contributed by atoms with Crippen molar-refractivity contribution in [3.8, 4) is 11.4 Å². The molecule has 4 rings (SSSR count). The average molecular weight is 620 g/mol. The van der Waals surface area contributed by atoms with E-state index in [9.17, 15) is 9.59 Å². The molecule has 1 aliphatic rings. The van der Waals surface area contributed by atoms with Crippen molar-refractivity contribution in [2.24, 2.45) is 11.3 Å². The zero-order valence-corrected chi connectivity index (χ0v) is 28.1. The first-order chi connectivity index (χ1) is 21.0. The van der Waals surface area contributed by atoms with Crippen molar-refractivity contribution >= 4 is 23.6 Å². The van der Waals surface area contributed by atoms with Crippen LogP contribution in [-0.4, -0.2) is 74.9 Å². The first kappa shape index (κ1) is 33.6. The van der Waals surface area contributed by atoms with Crippen molar-refractivity contribution in [3.05, 3.63) is 66.0 Å². The van der Waals surface area contributed by atoms with Crippen molar-refractivity contribution < 1.29 is 14.3 Å². The summed E-state index contributed by atoms with van der Waals surface area (Å²) < 4.78 is 7.47. The fourth-order valence-corrected chi connectivity index (χ4v) is 7.03. The van der Waals surface area contributed by atoms with E-state index in [0.29, 0.717) is 44.8 Å². The first-order valence-electron chi connectivity index (χ1n) is 15.9. The Balaban J connectivity index is 1.26. The summed E-state index contributed by atoms with van der Waals surface area (Å²) in [5, 5.41) is 9.93. The van der Waals surface area contributed by atoms with Crippen LogP contribution in [0.5, 0.6) is 5.75 Å². The van der Waals surface area contributed by atoms with E-state index >= 15 is 0 Å². The van der Waals surface area contributed by atoms with Gasteiger partial charge in [0.25, 0.3) is 0 Å². The summed E-state index contributed by atoms with van der Waals surface area (Å²) in [5.41, 5.74) is 2.39. The highest BCUT2D eigenvalue weighted by atomic mass is 32.2. The Bertz CT molecular complexity index is 1350. The molecule has 1 aliphatic heterocycles. The van der Waals surface area contributed by atoms with Crippen LogP contribution in [0.3, 0.4) is 0 Å². The van der Waals surface area contributed by atoms with Gasteiger partial charge >= 0.3 is 0 Å². The molecular weight excluding hydrogens is 570 g/mol. The van der Waals surface area contributed by atoms with Gasteiger partial charge in [-0.15, -0.1) is 10.2 Å². The van der Waals surface area contributed by atoms with Crippen molar-refractivity contribution in [1.82, 2.24) is 24.6 Å². The third kappa shape index (κ3) is 9.58. The molecule has 0 spiro atoms. The molecule has 44 heavy (non-hydrogen) atoms. The van der Waals surface area contributed by atoms with Gasteiger partial charge in [-0.3, -0.25) is 14.2 Å². The minimum absolute atomic E-state index is 0.0481. The Hall–Kier alpha value is -3.33. The predicted molar refractivity (Wildman–Crippen MR) is 177 cm³/mol. The van der Waals surface area contributed by atoms with Gasteiger partial charge in [-0.1, -0.05) is 69.8 Å². The molecule has 0 saturated carbocycles. The summed E-state index contributed by atoms with van der Waals surface area (Å²) in [4.78, 5) is 29.9. The number of hydrogen-bond acceptors (Lipinski definition) is 6. The van der Waals surface area contributed by atoms with Gasteiger partial charge in [-0.2, -0.15) is 0 Å². The average Bonchev–Trinajstić information content (AvgIpc) is 3.38. The van der Waals surface area contributed by atoms with E-state index < -0.39 is 0 Å². The van der Waals surface area contributed by atoms with Crippen LogP contribution in [0.2, 0.25) is 0 Å². The molecule has 0 bridgehead atoms. The van der Waals surface area contributed by atoms with E-state index in [1.54, 1.807) is 18.9 Å². The molecule has 2 atom stereocenters. The lowest BCUT2D eigenvalue weighted by atomic mass is 9.84. The molecule has 9 heteroatoms. The van der Waals surface area contributed by atoms with Gasteiger partial charge < -0.3 is 14.5 Å². The van der Waals surface area contributed by atoms with E-state index in [2.05, 4.69) is 61.5 Å². The maximum atomic E-state index is 13.0. The molecule has 0 N–H and O–H groups in total. The molecule has 2 amide bonds. The first-order valence-corrected chi connectivity index (χ1v) is 16.9. The predicted octanol–water partition coefficient (Wildman–Crippen LogP) is 6.65. The van der Waals surface area contributed by atoms with Crippen LogP contribution < -0.4 is 4.74 Å². The third-order valence-corrected chi connectivity index (χ3v) is 9.05. The summed E-state index contributed by atoms with van der Waals surface area (Å²) in [6.45, 7) is 12.7. The zero-order valence-electron chi connectivity index (χ0n) is 27.3. The van der Waals surface area contributed by atoms with E-state index in [1.807, 2.05) is 52.3 Å².